The van der Waals surface area contributed by atoms with Gasteiger partial charge in [-0.1, -0.05) is 11.8 Å². The van der Waals surface area contributed by atoms with Crippen molar-refractivity contribution in [1.29, 1.82) is 0 Å². The van der Waals surface area contributed by atoms with Gasteiger partial charge < -0.3 is 10.6 Å². The molecule has 1 unspecified atom stereocenters. The van der Waals surface area contributed by atoms with Crippen molar-refractivity contribution < 1.29 is 41.5 Å². The van der Waals surface area contributed by atoms with E-state index in [1.54, 1.807) is 0 Å². The molecular weight excluding hydrogens is 477 g/mol. The Bertz CT molecular complexity index is 1140. The Kier molecular flexibility index (Phi) is 8.54. The first-order chi connectivity index (χ1) is 16.3. The second-order valence-corrected chi connectivity index (χ2v) is 7.55. The molecule has 7 nitrogen and oxygen atoms in total. The van der Waals surface area contributed by atoms with Gasteiger partial charge in [0.25, 0.3) is 18.2 Å². The molecule has 4 N–H and O–H groups in total. The highest BCUT2D eigenvalue weighted by Gasteiger charge is 2.48. The molecule has 0 fully saturated rings. The lowest BCUT2D eigenvalue weighted by molar-refractivity contribution is -0.138. The van der Waals surface area contributed by atoms with Crippen LogP contribution >= 0.6 is 0 Å². The molecule has 2 atom stereocenters. The summed E-state index contributed by atoms with van der Waals surface area (Å²) in [5, 5.41) is 12.9. The van der Waals surface area contributed by atoms with Gasteiger partial charge in [-0.3, -0.25) is 19.6 Å². The molecule has 0 aromatic heterocycles. The molecule has 3 amide bonds. The predicted molar refractivity (Wildman–Crippen MR) is 113 cm³/mol. The van der Waals surface area contributed by atoms with Gasteiger partial charge in [0, 0.05) is 23.6 Å². The molecule has 186 valence electrons. The smallest absolute Gasteiger partial charge is 0.343 e. The third-order valence-corrected chi connectivity index (χ3v) is 4.86. The van der Waals surface area contributed by atoms with Crippen molar-refractivity contribution in [2.24, 2.45) is 0 Å². The van der Waals surface area contributed by atoms with E-state index in [9.17, 15) is 36.3 Å². The van der Waals surface area contributed by atoms with Crippen molar-refractivity contribution in [2.45, 2.75) is 38.0 Å². The van der Waals surface area contributed by atoms with E-state index < -0.39 is 47.5 Å². The molecule has 0 heterocycles. The minimum atomic E-state index is -4.46. The lowest BCUT2D eigenvalue weighted by Crippen LogP contribution is -2.68. The fourth-order valence-corrected chi connectivity index (χ4v) is 2.99. The number of alkyl halides is 5. The van der Waals surface area contributed by atoms with Crippen LogP contribution in [0.1, 0.15) is 40.9 Å². The Morgan fingerprint density at radius 3 is 1.80 bits per heavy atom. The number of hydrogen-bond donors (Lipinski definition) is 4. The van der Waals surface area contributed by atoms with Crippen LogP contribution < -0.4 is 16.1 Å². The zero-order valence-corrected chi connectivity index (χ0v) is 18.3. The maximum absolute atomic E-state index is 13.7. The summed E-state index contributed by atoms with van der Waals surface area (Å²) in [5.41, 5.74) is -1.51. The Labute approximate surface area is 196 Å². The van der Waals surface area contributed by atoms with Crippen molar-refractivity contribution in [3.63, 3.8) is 0 Å². The highest BCUT2D eigenvalue weighted by Crippen LogP contribution is 2.29. The molecule has 0 aliphatic rings. The van der Waals surface area contributed by atoms with Gasteiger partial charge >= 0.3 is 6.18 Å². The number of nitrogens with one attached hydrogen (secondary N) is 3. The average Bonchev–Trinajstić information content (AvgIpc) is 2.80. The van der Waals surface area contributed by atoms with Gasteiger partial charge in [-0.05, 0) is 55.5 Å². The summed E-state index contributed by atoms with van der Waals surface area (Å²) < 4.78 is 65.3. The second kappa shape index (κ2) is 11.0. The highest BCUT2D eigenvalue weighted by atomic mass is 19.4. The Balaban J connectivity index is 2.20. The summed E-state index contributed by atoms with van der Waals surface area (Å²) in [4.78, 5) is 36.0. The quantitative estimate of drug-likeness (QED) is 0.213. The van der Waals surface area contributed by atoms with Gasteiger partial charge in [0.2, 0.25) is 5.91 Å². The molecule has 2 aromatic rings. The van der Waals surface area contributed by atoms with E-state index in [-0.39, 0.29) is 5.56 Å². The van der Waals surface area contributed by atoms with Crippen molar-refractivity contribution in [1.82, 2.24) is 16.1 Å². The van der Waals surface area contributed by atoms with Crippen LogP contribution in [0.2, 0.25) is 0 Å². The normalized spacial score (nSPS) is 13.6. The van der Waals surface area contributed by atoms with E-state index in [2.05, 4.69) is 17.2 Å². The summed E-state index contributed by atoms with van der Waals surface area (Å²) in [5.74, 6) is 2.14. The topological polar surface area (TPSA) is 108 Å². The summed E-state index contributed by atoms with van der Waals surface area (Å²) in [7, 11) is 0. The van der Waals surface area contributed by atoms with Gasteiger partial charge in [0.15, 0.2) is 0 Å². The standard InChI is InChI=1S/C23H20F5N3O4/c1-13(32)30-22(2,21(24)25)18(20(34)31-35)29-19(33)16-9-5-14(6-10-16)3-4-15-7-11-17(12-8-15)23(26,27)28/h5-12,18,21,35H,1-2H3,(H,29,33)(H,30,32)(H,31,34)/t18-,22?/m1/s1. The van der Waals surface area contributed by atoms with Crippen LogP contribution in [0.3, 0.4) is 0 Å². The van der Waals surface area contributed by atoms with Crippen molar-refractivity contribution >= 4 is 17.7 Å². The van der Waals surface area contributed by atoms with Gasteiger partial charge in [-0.2, -0.15) is 13.2 Å². The predicted octanol–water partition coefficient (Wildman–Crippen LogP) is 2.87. The Morgan fingerprint density at radius 1 is 0.914 bits per heavy atom. The highest BCUT2D eigenvalue weighted by molar-refractivity contribution is 5.98. The molecule has 0 spiro atoms. The number of hydrogen-bond acceptors (Lipinski definition) is 4. The maximum Gasteiger partial charge on any atom is 0.416 e. The maximum atomic E-state index is 13.7. The molecular formula is C23H20F5N3O4. The molecule has 0 saturated carbocycles. The number of benzene rings is 2. The first-order valence-corrected chi connectivity index (χ1v) is 9.89. The molecule has 2 rings (SSSR count). The lowest BCUT2D eigenvalue weighted by Gasteiger charge is -2.36. The Morgan fingerprint density at radius 2 is 1.40 bits per heavy atom. The van der Waals surface area contributed by atoms with Crippen LogP contribution in [-0.4, -0.2) is 40.9 Å². The van der Waals surface area contributed by atoms with E-state index in [0.717, 1.165) is 26.0 Å². The molecule has 35 heavy (non-hydrogen) atoms. The minimum Gasteiger partial charge on any atom is -0.343 e. The van der Waals surface area contributed by atoms with Crippen molar-refractivity contribution in [3.05, 3.63) is 70.8 Å². The fourth-order valence-electron chi connectivity index (χ4n) is 2.99. The first-order valence-electron chi connectivity index (χ1n) is 9.89. The van der Waals surface area contributed by atoms with E-state index in [0.29, 0.717) is 11.1 Å². The van der Waals surface area contributed by atoms with Crippen LogP contribution in [0.15, 0.2) is 48.5 Å². The van der Waals surface area contributed by atoms with Crippen LogP contribution in [0.4, 0.5) is 22.0 Å². The molecule has 0 aliphatic carbocycles. The van der Waals surface area contributed by atoms with E-state index >= 15 is 0 Å². The van der Waals surface area contributed by atoms with Crippen LogP contribution in [0, 0.1) is 11.8 Å². The molecule has 0 radical (unpaired) electrons. The average molecular weight is 497 g/mol. The van der Waals surface area contributed by atoms with Crippen molar-refractivity contribution in [2.75, 3.05) is 0 Å². The lowest BCUT2D eigenvalue weighted by atomic mass is 9.91. The number of carbonyl (C=O) groups is 3. The largest absolute Gasteiger partial charge is 0.416 e. The van der Waals surface area contributed by atoms with E-state index in [4.69, 9.17) is 5.21 Å². The van der Waals surface area contributed by atoms with E-state index in [1.807, 2.05) is 5.32 Å². The SMILES string of the molecule is CC(=O)NC(C)(C(F)F)[C@H](NC(=O)c1ccc(C#Cc2ccc(C(F)(F)F)cc2)cc1)C(=O)NO. The summed E-state index contributed by atoms with van der Waals surface area (Å²) in [6, 6.07) is 7.51. The molecule has 0 bridgehead atoms. The number of rotatable bonds is 6. The molecule has 12 heteroatoms. The van der Waals surface area contributed by atoms with Gasteiger partial charge in [0.05, 0.1) is 5.56 Å². The number of carbonyl (C=O) groups excluding carboxylic acids is 3. The number of amides is 3. The van der Waals surface area contributed by atoms with Crippen LogP contribution in [0.25, 0.3) is 0 Å². The zero-order chi connectivity index (χ0) is 26.4. The molecule has 0 saturated heterocycles. The third kappa shape index (κ3) is 7.00. The molecule has 0 aliphatic heterocycles. The van der Waals surface area contributed by atoms with Gasteiger partial charge in [0.1, 0.15) is 11.6 Å². The number of hydroxylamine groups is 1. The van der Waals surface area contributed by atoms with Gasteiger partial charge in [-0.25, -0.2) is 14.3 Å². The monoisotopic (exact) mass is 497 g/mol. The van der Waals surface area contributed by atoms with Crippen LogP contribution in [-0.2, 0) is 15.8 Å². The summed E-state index contributed by atoms with van der Waals surface area (Å²) >= 11 is 0. The van der Waals surface area contributed by atoms with Crippen molar-refractivity contribution in [3.8, 4) is 11.8 Å². The summed E-state index contributed by atoms with van der Waals surface area (Å²) in [6.45, 7) is 1.78. The third-order valence-electron chi connectivity index (χ3n) is 4.86. The van der Waals surface area contributed by atoms with Gasteiger partial charge in [-0.15, -0.1) is 0 Å². The second-order valence-electron chi connectivity index (χ2n) is 7.55. The fraction of sp³-hybridized carbons (Fsp3) is 0.261. The zero-order valence-electron chi connectivity index (χ0n) is 18.3. The summed E-state index contributed by atoms with van der Waals surface area (Å²) in [6.07, 6.45) is -7.76. The van der Waals surface area contributed by atoms with E-state index in [1.165, 1.54) is 41.9 Å². The number of halogens is 5. The van der Waals surface area contributed by atoms with Crippen LogP contribution in [0.5, 0.6) is 0 Å². The molecule has 2 aromatic carbocycles. The minimum absolute atomic E-state index is 0.0553. The first kappa shape index (κ1) is 27.3. The Hall–Kier alpha value is -3.98.